The molecule has 0 bridgehead atoms. The molecule has 1 N–H and O–H groups in total. The van der Waals surface area contributed by atoms with Crippen LogP contribution >= 0.6 is 11.6 Å². The number of hydrogen-bond acceptors (Lipinski definition) is 2. The SMILES string of the molecule is CCCNC(Cc1ccccc1Cl)c1cnn(CC)c1. The van der Waals surface area contributed by atoms with E-state index in [9.17, 15) is 0 Å². The van der Waals surface area contributed by atoms with Crippen molar-refractivity contribution in [1.82, 2.24) is 15.1 Å². The van der Waals surface area contributed by atoms with E-state index in [4.69, 9.17) is 11.6 Å². The van der Waals surface area contributed by atoms with Crippen LogP contribution in [0.5, 0.6) is 0 Å². The fourth-order valence-electron chi connectivity index (χ4n) is 2.24. The Hall–Kier alpha value is -1.32. The van der Waals surface area contributed by atoms with Gasteiger partial charge in [0.25, 0.3) is 0 Å². The molecule has 20 heavy (non-hydrogen) atoms. The van der Waals surface area contributed by atoms with Gasteiger partial charge in [0.1, 0.15) is 0 Å². The minimum absolute atomic E-state index is 0.259. The zero-order chi connectivity index (χ0) is 14.4. The van der Waals surface area contributed by atoms with E-state index in [1.54, 1.807) is 0 Å². The van der Waals surface area contributed by atoms with Gasteiger partial charge in [-0.25, -0.2) is 0 Å². The van der Waals surface area contributed by atoms with Crippen LogP contribution in [0.1, 0.15) is 37.4 Å². The van der Waals surface area contributed by atoms with Crippen molar-refractivity contribution in [3.8, 4) is 0 Å². The molecule has 0 aliphatic heterocycles. The van der Waals surface area contributed by atoms with E-state index in [2.05, 4.69) is 36.5 Å². The summed E-state index contributed by atoms with van der Waals surface area (Å²) in [5.74, 6) is 0. The van der Waals surface area contributed by atoms with Crippen LogP contribution in [0.4, 0.5) is 0 Å². The Morgan fingerprint density at radius 3 is 2.75 bits per heavy atom. The van der Waals surface area contributed by atoms with E-state index in [-0.39, 0.29) is 6.04 Å². The van der Waals surface area contributed by atoms with Crippen molar-refractivity contribution in [3.05, 3.63) is 52.8 Å². The second-order valence-corrected chi connectivity index (χ2v) is 5.34. The van der Waals surface area contributed by atoms with Crippen LogP contribution < -0.4 is 5.32 Å². The molecule has 2 rings (SSSR count). The zero-order valence-corrected chi connectivity index (χ0v) is 12.9. The van der Waals surface area contributed by atoms with E-state index in [1.807, 2.05) is 29.1 Å². The summed E-state index contributed by atoms with van der Waals surface area (Å²) in [4.78, 5) is 0. The maximum Gasteiger partial charge on any atom is 0.0537 e. The smallest absolute Gasteiger partial charge is 0.0537 e. The lowest BCUT2D eigenvalue weighted by Gasteiger charge is -2.18. The van der Waals surface area contributed by atoms with Crippen LogP contribution in [-0.4, -0.2) is 16.3 Å². The van der Waals surface area contributed by atoms with Crippen LogP contribution in [0, 0.1) is 0 Å². The maximum atomic E-state index is 6.27. The lowest BCUT2D eigenvalue weighted by atomic mass is 10.0. The largest absolute Gasteiger partial charge is 0.310 e. The average molecular weight is 292 g/mol. The number of nitrogens with one attached hydrogen (secondary N) is 1. The first kappa shape index (κ1) is 15.1. The molecule has 0 amide bonds. The Morgan fingerprint density at radius 2 is 2.10 bits per heavy atom. The van der Waals surface area contributed by atoms with Gasteiger partial charge in [0.05, 0.1) is 6.20 Å². The zero-order valence-electron chi connectivity index (χ0n) is 12.1. The van der Waals surface area contributed by atoms with Gasteiger partial charge in [0, 0.05) is 29.4 Å². The number of aromatic nitrogens is 2. The number of halogens is 1. The van der Waals surface area contributed by atoms with E-state index in [0.29, 0.717) is 0 Å². The van der Waals surface area contributed by atoms with Gasteiger partial charge in [0.15, 0.2) is 0 Å². The molecule has 108 valence electrons. The molecule has 0 aliphatic rings. The summed E-state index contributed by atoms with van der Waals surface area (Å²) < 4.78 is 1.96. The molecule has 0 spiro atoms. The molecule has 0 fully saturated rings. The van der Waals surface area contributed by atoms with Crippen LogP contribution in [0.3, 0.4) is 0 Å². The number of nitrogens with zero attached hydrogens (tertiary/aromatic N) is 2. The fourth-order valence-corrected chi connectivity index (χ4v) is 2.46. The molecule has 1 aromatic carbocycles. The maximum absolute atomic E-state index is 6.27. The van der Waals surface area contributed by atoms with Crippen LogP contribution in [-0.2, 0) is 13.0 Å². The topological polar surface area (TPSA) is 29.9 Å². The summed E-state index contributed by atoms with van der Waals surface area (Å²) in [6.45, 7) is 6.16. The molecule has 0 saturated heterocycles. The second-order valence-electron chi connectivity index (χ2n) is 4.93. The molecule has 0 saturated carbocycles. The van der Waals surface area contributed by atoms with Crippen molar-refractivity contribution < 1.29 is 0 Å². The van der Waals surface area contributed by atoms with Gasteiger partial charge >= 0.3 is 0 Å². The molecule has 2 aromatic rings. The van der Waals surface area contributed by atoms with E-state index >= 15 is 0 Å². The number of benzene rings is 1. The van der Waals surface area contributed by atoms with Crippen molar-refractivity contribution in [3.63, 3.8) is 0 Å². The number of aryl methyl sites for hydroxylation is 1. The van der Waals surface area contributed by atoms with Crippen molar-refractivity contribution >= 4 is 11.6 Å². The molecule has 4 heteroatoms. The van der Waals surface area contributed by atoms with Crippen LogP contribution in [0.2, 0.25) is 5.02 Å². The lowest BCUT2D eigenvalue weighted by Crippen LogP contribution is -2.24. The summed E-state index contributed by atoms with van der Waals surface area (Å²) in [6.07, 6.45) is 6.06. The summed E-state index contributed by atoms with van der Waals surface area (Å²) >= 11 is 6.27. The molecule has 0 radical (unpaired) electrons. The predicted octanol–water partition coefficient (Wildman–Crippen LogP) is 3.84. The molecule has 1 unspecified atom stereocenters. The highest BCUT2D eigenvalue weighted by Crippen LogP contribution is 2.23. The molecule has 0 aliphatic carbocycles. The first-order valence-electron chi connectivity index (χ1n) is 7.23. The van der Waals surface area contributed by atoms with Gasteiger partial charge in [-0.1, -0.05) is 36.7 Å². The molecule has 1 heterocycles. The van der Waals surface area contributed by atoms with Crippen LogP contribution in [0.25, 0.3) is 0 Å². The number of rotatable bonds is 7. The van der Waals surface area contributed by atoms with E-state index in [1.165, 1.54) is 11.1 Å². The molecular weight excluding hydrogens is 270 g/mol. The predicted molar refractivity (Wildman–Crippen MR) is 84.1 cm³/mol. The number of hydrogen-bond donors (Lipinski definition) is 1. The highest BCUT2D eigenvalue weighted by molar-refractivity contribution is 6.31. The summed E-state index contributed by atoms with van der Waals surface area (Å²) in [7, 11) is 0. The molecule has 1 aromatic heterocycles. The van der Waals surface area contributed by atoms with Gasteiger partial charge < -0.3 is 5.32 Å². The quantitative estimate of drug-likeness (QED) is 0.840. The molecule has 1 atom stereocenters. The van der Waals surface area contributed by atoms with Gasteiger partial charge in [-0.15, -0.1) is 0 Å². The first-order chi connectivity index (χ1) is 9.74. The van der Waals surface area contributed by atoms with Crippen molar-refractivity contribution in [1.29, 1.82) is 0 Å². The van der Waals surface area contributed by atoms with Gasteiger partial charge in [0.2, 0.25) is 0 Å². The Bertz CT molecular complexity index is 536. The normalized spacial score (nSPS) is 12.6. The Balaban J connectivity index is 2.17. The van der Waals surface area contributed by atoms with Crippen molar-refractivity contribution in [2.75, 3.05) is 6.54 Å². The monoisotopic (exact) mass is 291 g/mol. The second kappa shape index (κ2) is 7.46. The molecular formula is C16H22ClN3. The van der Waals surface area contributed by atoms with Gasteiger partial charge in [-0.3, -0.25) is 4.68 Å². The third-order valence-corrected chi connectivity index (χ3v) is 3.77. The Kier molecular flexibility index (Phi) is 5.62. The lowest BCUT2D eigenvalue weighted by molar-refractivity contribution is 0.528. The van der Waals surface area contributed by atoms with Gasteiger partial charge in [-0.2, -0.15) is 5.10 Å². The van der Waals surface area contributed by atoms with Crippen LogP contribution in [0.15, 0.2) is 36.7 Å². The first-order valence-corrected chi connectivity index (χ1v) is 7.61. The van der Waals surface area contributed by atoms with E-state index < -0.39 is 0 Å². The highest BCUT2D eigenvalue weighted by atomic mass is 35.5. The standard InChI is InChI=1S/C16H22ClN3/c1-3-9-18-16(14-11-19-20(4-2)12-14)10-13-7-5-6-8-15(13)17/h5-8,11-12,16,18H,3-4,9-10H2,1-2H3. The summed E-state index contributed by atoms with van der Waals surface area (Å²) in [6, 6.07) is 8.30. The Labute approximate surface area is 126 Å². The third kappa shape index (κ3) is 3.84. The summed E-state index contributed by atoms with van der Waals surface area (Å²) in [5.41, 5.74) is 2.40. The average Bonchev–Trinajstić information content (AvgIpc) is 2.94. The van der Waals surface area contributed by atoms with Crippen molar-refractivity contribution in [2.45, 2.75) is 39.3 Å². The highest BCUT2D eigenvalue weighted by Gasteiger charge is 2.15. The summed E-state index contributed by atoms with van der Waals surface area (Å²) in [5, 5.41) is 8.79. The fraction of sp³-hybridized carbons (Fsp3) is 0.438. The minimum Gasteiger partial charge on any atom is -0.310 e. The third-order valence-electron chi connectivity index (χ3n) is 3.40. The van der Waals surface area contributed by atoms with Crippen molar-refractivity contribution in [2.24, 2.45) is 0 Å². The molecule has 3 nitrogen and oxygen atoms in total. The Morgan fingerprint density at radius 1 is 1.30 bits per heavy atom. The van der Waals surface area contributed by atoms with E-state index in [0.717, 1.165) is 31.0 Å². The minimum atomic E-state index is 0.259. The van der Waals surface area contributed by atoms with Gasteiger partial charge in [-0.05, 0) is 37.9 Å².